The fourth-order valence-corrected chi connectivity index (χ4v) is 3.80. The van der Waals surface area contributed by atoms with E-state index in [4.69, 9.17) is 9.72 Å². The van der Waals surface area contributed by atoms with Crippen LogP contribution >= 0.6 is 0 Å². The molecule has 1 amide bonds. The van der Waals surface area contributed by atoms with E-state index in [2.05, 4.69) is 20.6 Å². The number of fused-ring (bicyclic) bond motifs is 1. The molecule has 0 saturated heterocycles. The standard InChI is InChI=1S/C28H29N5O3/c1-28(2,3)33-27-30-15-21-24(31-27)20(14-29-25(21)32-26(35)18-7-5-4-6-8-18)19-11-12-23(22(34)13-19)36-16-17-9-10-17/h4-8,11-15,17,34H,9-10,16H2,1-3H3,(H,29,32,35)(H,30,31,33). The van der Waals surface area contributed by atoms with Crippen LogP contribution in [0.2, 0.25) is 0 Å². The normalized spacial score (nSPS) is 13.4. The third-order valence-corrected chi connectivity index (χ3v) is 5.82. The zero-order chi connectivity index (χ0) is 25.3. The molecular formula is C28H29N5O3. The number of anilines is 2. The Morgan fingerprint density at radius 2 is 1.86 bits per heavy atom. The van der Waals surface area contributed by atoms with E-state index in [1.165, 1.54) is 12.8 Å². The highest BCUT2D eigenvalue weighted by Crippen LogP contribution is 2.37. The van der Waals surface area contributed by atoms with E-state index < -0.39 is 0 Å². The number of pyridine rings is 1. The number of aromatic nitrogens is 3. The van der Waals surface area contributed by atoms with Gasteiger partial charge in [-0.15, -0.1) is 0 Å². The Hall–Kier alpha value is -4.20. The Balaban J connectivity index is 1.54. The summed E-state index contributed by atoms with van der Waals surface area (Å²) in [6, 6.07) is 14.2. The maximum Gasteiger partial charge on any atom is 0.256 e. The van der Waals surface area contributed by atoms with E-state index in [0.717, 1.165) is 5.56 Å². The topological polar surface area (TPSA) is 109 Å². The first-order chi connectivity index (χ1) is 17.3. The lowest BCUT2D eigenvalue weighted by molar-refractivity contribution is 0.102. The SMILES string of the molecule is CC(C)(C)Nc1ncc2c(NC(=O)c3ccccc3)ncc(-c3ccc(OCC4CC4)c(O)c3)c2n1. The van der Waals surface area contributed by atoms with Crippen LogP contribution in [0.1, 0.15) is 44.0 Å². The Kier molecular flexibility index (Phi) is 6.18. The molecule has 1 fully saturated rings. The molecule has 0 atom stereocenters. The summed E-state index contributed by atoms with van der Waals surface area (Å²) in [7, 11) is 0. The summed E-state index contributed by atoms with van der Waals surface area (Å²) >= 11 is 0. The fourth-order valence-electron chi connectivity index (χ4n) is 3.80. The van der Waals surface area contributed by atoms with Crippen molar-refractivity contribution in [1.29, 1.82) is 0 Å². The van der Waals surface area contributed by atoms with Crippen molar-refractivity contribution in [3.63, 3.8) is 0 Å². The summed E-state index contributed by atoms with van der Waals surface area (Å²) < 4.78 is 5.77. The average molecular weight is 484 g/mol. The van der Waals surface area contributed by atoms with Gasteiger partial charge in [-0.2, -0.15) is 0 Å². The van der Waals surface area contributed by atoms with E-state index >= 15 is 0 Å². The number of carbonyl (C=O) groups excluding carboxylic acids is 1. The van der Waals surface area contributed by atoms with Gasteiger partial charge in [-0.05, 0) is 69.4 Å². The van der Waals surface area contributed by atoms with Crippen LogP contribution in [0.3, 0.4) is 0 Å². The molecular weight excluding hydrogens is 454 g/mol. The van der Waals surface area contributed by atoms with Gasteiger partial charge in [0.25, 0.3) is 5.91 Å². The van der Waals surface area contributed by atoms with Gasteiger partial charge in [-0.1, -0.05) is 24.3 Å². The van der Waals surface area contributed by atoms with E-state index in [1.807, 2.05) is 45.0 Å². The second-order valence-electron chi connectivity index (χ2n) is 10.1. The van der Waals surface area contributed by atoms with Crippen LogP contribution < -0.4 is 15.4 Å². The number of aromatic hydroxyl groups is 1. The lowest BCUT2D eigenvalue weighted by Gasteiger charge is -2.21. The van der Waals surface area contributed by atoms with Crippen LogP contribution in [-0.4, -0.2) is 38.1 Å². The van der Waals surface area contributed by atoms with Gasteiger partial charge in [0.15, 0.2) is 11.5 Å². The molecule has 0 bridgehead atoms. The van der Waals surface area contributed by atoms with Crippen molar-refractivity contribution in [3.8, 4) is 22.6 Å². The lowest BCUT2D eigenvalue weighted by atomic mass is 10.0. The van der Waals surface area contributed by atoms with Gasteiger partial charge in [0.05, 0.1) is 17.5 Å². The minimum atomic E-state index is -0.274. The number of phenols is 1. The van der Waals surface area contributed by atoms with Gasteiger partial charge in [0, 0.05) is 29.1 Å². The molecule has 2 aromatic carbocycles. The molecule has 3 N–H and O–H groups in total. The molecule has 4 aromatic rings. The highest BCUT2D eigenvalue weighted by atomic mass is 16.5. The third-order valence-electron chi connectivity index (χ3n) is 5.82. The van der Waals surface area contributed by atoms with Crippen molar-refractivity contribution >= 4 is 28.6 Å². The largest absolute Gasteiger partial charge is 0.504 e. The molecule has 1 aliphatic rings. The number of hydrogen-bond donors (Lipinski definition) is 3. The predicted octanol–water partition coefficient (Wildman–Crippen LogP) is 5.65. The molecule has 0 unspecified atom stereocenters. The van der Waals surface area contributed by atoms with E-state index in [0.29, 0.717) is 52.1 Å². The summed E-state index contributed by atoms with van der Waals surface area (Å²) in [5, 5.41) is 17.4. The highest BCUT2D eigenvalue weighted by molar-refractivity contribution is 6.09. The number of hydrogen-bond acceptors (Lipinski definition) is 7. The molecule has 1 aliphatic carbocycles. The van der Waals surface area contributed by atoms with Crippen LogP contribution in [0.5, 0.6) is 11.5 Å². The van der Waals surface area contributed by atoms with Crippen molar-refractivity contribution in [1.82, 2.24) is 15.0 Å². The van der Waals surface area contributed by atoms with Crippen LogP contribution in [0.15, 0.2) is 60.9 Å². The zero-order valence-electron chi connectivity index (χ0n) is 20.6. The summed E-state index contributed by atoms with van der Waals surface area (Å²) in [5.41, 5.74) is 2.30. The van der Waals surface area contributed by atoms with Crippen molar-refractivity contribution in [2.45, 2.75) is 39.2 Å². The average Bonchev–Trinajstić information content (AvgIpc) is 3.67. The van der Waals surface area contributed by atoms with E-state index in [1.54, 1.807) is 36.7 Å². The van der Waals surface area contributed by atoms with Crippen molar-refractivity contribution in [2.24, 2.45) is 5.92 Å². The Bertz CT molecular complexity index is 1410. The molecule has 8 heteroatoms. The molecule has 184 valence electrons. The fraction of sp³-hybridized carbons (Fsp3) is 0.286. The third kappa shape index (κ3) is 5.38. The number of nitrogens with zero attached hydrogens (tertiary/aromatic N) is 3. The van der Waals surface area contributed by atoms with Gasteiger partial charge in [-0.3, -0.25) is 4.79 Å². The molecule has 36 heavy (non-hydrogen) atoms. The Morgan fingerprint density at radius 3 is 2.56 bits per heavy atom. The number of amides is 1. The highest BCUT2D eigenvalue weighted by Gasteiger charge is 2.23. The number of nitrogens with one attached hydrogen (secondary N) is 2. The van der Waals surface area contributed by atoms with Gasteiger partial charge in [-0.25, -0.2) is 15.0 Å². The molecule has 2 heterocycles. The number of benzene rings is 2. The molecule has 8 nitrogen and oxygen atoms in total. The lowest BCUT2D eigenvalue weighted by Crippen LogP contribution is -2.27. The van der Waals surface area contributed by atoms with Crippen LogP contribution in [0, 0.1) is 5.92 Å². The van der Waals surface area contributed by atoms with E-state index in [9.17, 15) is 9.90 Å². The smallest absolute Gasteiger partial charge is 0.256 e. The first-order valence-electron chi connectivity index (χ1n) is 12.0. The maximum atomic E-state index is 12.8. The summed E-state index contributed by atoms with van der Waals surface area (Å²) in [4.78, 5) is 26.6. The monoisotopic (exact) mass is 483 g/mol. The van der Waals surface area contributed by atoms with Gasteiger partial charge in [0.2, 0.25) is 5.95 Å². The van der Waals surface area contributed by atoms with Crippen molar-refractivity contribution in [3.05, 3.63) is 66.5 Å². The second-order valence-corrected chi connectivity index (χ2v) is 10.1. The number of carbonyl (C=O) groups is 1. The summed E-state index contributed by atoms with van der Waals surface area (Å²) in [6.07, 6.45) is 5.65. The number of phenolic OH excluding ortho intramolecular Hbond substituents is 1. The molecule has 1 saturated carbocycles. The summed E-state index contributed by atoms with van der Waals surface area (Å²) in [5.74, 6) is 1.64. The predicted molar refractivity (Wildman–Crippen MR) is 140 cm³/mol. The van der Waals surface area contributed by atoms with Crippen molar-refractivity contribution in [2.75, 3.05) is 17.2 Å². The first kappa shape index (κ1) is 23.5. The molecule has 0 radical (unpaired) electrons. The molecule has 0 aliphatic heterocycles. The van der Waals surface area contributed by atoms with Crippen LogP contribution in [0.25, 0.3) is 22.0 Å². The minimum Gasteiger partial charge on any atom is -0.504 e. The van der Waals surface area contributed by atoms with Gasteiger partial charge in [0.1, 0.15) is 5.82 Å². The quantitative estimate of drug-likeness (QED) is 0.312. The second kappa shape index (κ2) is 9.45. The number of rotatable bonds is 7. The van der Waals surface area contributed by atoms with Crippen LogP contribution in [0.4, 0.5) is 11.8 Å². The Morgan fingerprint density at radius 1 is 1.08 bits per heavy atom. The summed E-state index contributed by atoms with van der Waals surface area (Å²) in [6.45, 7) is 6.69. The van der Waals surface area contributed by atoms with Crippen molar-refractivity contribution < 1.29 is 14.6 Å². The molecule has 5 rings (SSSR count). The van der Waals surface area contributed by atoms with Gasteiger partial charge < -0.3 is 20.5 Å². The minimum absolute atomic E-state index is 0.0600. The van der Waals surface area contributed by atoms with E-state index in [-0.39, 0.29) is 17.2 Å². The number of ether oxygens (including phenoxy) is 1. The zero-order valence-corrected chi connectivity index (χ0v) is 20.6. The Labute approximate surface area is 209 Å². The molecule has 2 aromatic heterocycles. The maximum absolute atomic E-state index is 12.8. The van der Waals surface area contributed by atoms with Crippen LogP contribution in [-0.2, 0) is 0 Å². The molecule has 0 spiro atoms. The first-order valence-corrected chi connectivity index (χ1v) is 12.0. The van der Waals surface area contributed by atoms with Gasteiger partial charge >= 0.3 is 0 Å².